The van der Waals surface area contributed by atoms with E-state index in [2.05, 4.69) is 4.98 Å². The van der Waals surface area contributed by atoms with Crippen LogP contribution in [0.2, 0.25) is 0 Å². The van der Waals surface area contributed by atoms with E-state index in [1.807, 2.05) is 0 Å². The maximum atomic E-state index is 13.0. The van der Waals surface area contributed by atoms with Crippen molar-refractivity contribution in [3.8, 4) is 22.1 Å². The first kappa shape index (κ1) is 17.2. The molecule has 0 amide bonds. The maximum absolute atomic E-state index is 13.0. The summed E-state index contributed by atoms with van der Waals surface area (Å²) >= 11 is 1.23. The summed E-state index contributed by atoms with van der Waals surface area (Å²) in [6.45, 7) is -0.302. The Bertz CT molecular complexity index is 1020. The third kappa shape index (κ3) is 3.65. The number of Topliss-reactive ketones (excluding diaryl/α,β-unsaturated/α-hetero) is 1. The van der Waals surface area contributed by atoms with Gasteiger partial charge in [0.2, 0.25) is 6.79 Å². The van der Waals surface area contributed by atoms with Gasteiger partial charge >= 0.3 is 5.97 Å². The molecule has 1 aliphatic rings. The van der Waals surface area contributed by atoms with Crippen molar-refractivity contribution in [1.82, 2.24) is 4.98 Å². The van der Waals surface area contributed by atoms with Crippen LogP contribution in [0.25, 0.3) is 10.6 Å². The molecule has 0 saturated carbocycles. The fourth-order valence-electron chi connectivity index (χ4n) is 2.45. The summed E-state index contributed by atoms with van der Waals surface area (Å²) in [5.74, 6) is -0.365. The smallest absolute Gasteiger partial charge is 0.358 e. The molecule has 0 N–H and O–H groups in total. The molecule has 4 rings (SSSR count). The Kier molecular flexibility index (Phi) is 4.55. The summed E-state index contributed by atoms with van der Waals surface area (Å²) in [6.07, 6.45) is 0. The van der Waals surface area contributed by atoms with Crippen LogP contribution >= 0.6 is 11.3 Å². The molecular weight excluding hydrogens is 373 g/mol. The quantitative estimate of drug-likeness (QED) is 0.492. The van der Waals surface area contributed by atoms with Gasteiger partial charge in [0.1, 0.15) is 10.8 Å². The Morgan fingerprint density at radius 1 is 1.11 bits per heavy atom. The molecule has 0 unspecified atom stereocenters. The number of ketones is 1. The highest BCUT2D eigenvalue weighted by molar-refractivity contribution is 7.13. The lowest BCUT2D eigenvalue weighted by Gasteiger charge is -2.04. The van der Waals surface area contributed by atoms with Crippen molar-refractivity contribution in [3.05, 3.63) is 64.9 Å². The molecule has 8 heteroatoms. The molecule has 0 spiro atoms. The van der Waals surface area contributed by atoms with Crippen molar-refractivity contribution in [2.24, 2.45) is 0 Å². The van der Waals surface area contributed by atoms with Crippen LogP contribution in [-0.2, 0) is 4.74 Å². The van der Waals surface area contributed by atoms with Gasteiger partial charge in [-0.25, -0.2) is 14.2 Å². The van der Waals surface area contributed by atoms with Gasteiger partial charge in [-0.3, -0.25) is 4.79 Å². The number of halogens is 1. The van der Waals surface area contributed by atoms with Crippen LogP contribution in [0.4, 0.5) is 4.39 Å². The van der Waals surface area contributed by atoms with E-state index in [0.29, 0.717) is 27.6 Å². The molecule has 27 heavy (non-hydrogen) atoms. The first-order valence-electron chi connectivity index (χ1n) is 7.91. The van der Waals surface area contributed by atoms with Gasteiger partial charge in [0, 0.05) is 16.5 Å². The van der Waals surface area contributed by atoms with E-state index in [1.165, 1.54) is 28.8 Å². The second-order valence-electron chi connectivity index (χ2n) is 5.61. The van der Waals surface area contributed by atoms with Gasteiger partial charge in [-0.2, -0.15) is 0 Å². The molecule has 6 nitrogen and oxygen atoms in total. The number of fused-ring (bicyclic) bond motifs is 1. The molecule has 2 heterocycles. The topological polar surface area (TPSA) is 74.7 Å². The molecule has 0 aliphatic carbocycles. The lowest BCUT2D eigenvalue weighted by Crippen LogP contribution is -2.14. The number of esters is 1. The van der Waals surface area contributed by atoms with Crippen LogP contribution in [0.15, 0.2) is 47.8 Å². The number of ether oxygens (including phenoxy) is 3. The van der Waals surface area contributed by atoms with Gasteiger partial charge in [-0.15, -0.1) is 11.3 Å². The van der Waals surface area contributed by atoms with E-state index in [-0.39, 0.29) is 24.1 Å². The van der Waals surface area contributed by atoms with Crippen molar-refractivity contribution in [3.63, 3.8) is 0 Å². The number of rotatable bonds is 5. The minimum absolute atomic E-state index is 0.0952. The first-order chi connectivity index (χ1) is 13.1. The van der Waals surface area contributed by atoms with Gasteiger partial charge in [-0.1, -0.05) is 0 Å². The molecule has 0 atom stereocenters. The minimum atomic E-state index is -0.700. The van der Waals surface area contributed by atoms with Gasteiger partial charge in [0.05, 0.1) is 0 Å². The predicted molar refractivity (Wildman–Crippen MR) is 94.7 cm³/mol. The lowest BCUT2D eigenvalue weighted by atomic mass is 10.1. The zero-order valence-corrected chi connectivity index (χ0v) is 14.6. The highest BCUT2D eigenvalue weighted by Crippen LogP contribution is 2.32. The summed E-state index contributed by atoms with van der Waals surface area (Å²) in [6, 6.07) is 10.6. The Hall–Kier alpha value is -3.26. The molecule has 136 valence electrons. The maximum Gasteiger partial charge on any atom is 0.358 e. The van der Waals surface area contributed by atoms with Crippen LogP contribution in [-0.4, -0.2) is 30.1 Å². The van der Waals surface area contributed by atoms with Crippen molar-refractivity contribution in [2.75, 3.05) is 13.4 Å². The molecule has 0 bridgehead atoms. The van der Waals surface area contributed by atoms with Crippen LogP contribution in [0.3, 0.4) is 0 Å². The number of aromatic nitrogens is 1. The second kappa shape index (κ2) is 7.16. The number of hydrogen-bond acceptors (Lipinski definition) is 7. The van der Waals surface area contributed by atoms with Crippen molar-refractivity contribution >= 4 is 23.1 Å². The van der Waals surface area contributed by atoms with Gasteiger partial charge in [0.25, 0.3) is 0 Å². The van der Waals surface area contributed by atoms with E-state index in [1.54, 1.807) is 30.3 Å². The third-order valence-corrected chi connectivity index (χ3v) is 4.72. The SMILES string of the molecule is O=C(COC(=O)c1csc(-c2ccc(F)cc2)n1)c1ccc2c(c1)OCO2. The number of thiazole rings is 1. The third-order valence-electron chi connectivity index (χ3n) is 3.83. The zero-order valence-electron chi connectivity index (χ0n) is 13.8. The first-order valence-corrected chi connectivity index (χ1v) is 8.79. The van der Waals surface area contributed by atoms with Crippen LogP contribution in [0.5, 0.6) is 11.5 Å². The summed E-state index contributed by atoms with van der Waals surface area (Å²) in [4.78, 5) is 28.5. The standard InChI is InChI=1S/C19H12FNO5S/c20-13-4-1-11(2-5-13)18-21-14(9-27-18)19(23)24-8-15(22)12-3-6-16-17(7-12)26-10-25-16/h1-7,9H,8,10H2. The molecule has 3 aromatic rings. The largest absolute Gasteiger partial charge is 0.454 e. The average molecular weight is 385 g/mol. The average Bonchev–Trinajstić information content (AvgIpc) is 3.35. The van der Waals surface area contributed by atoms with Crippen LogP contribution in [0.1, 0.15) is 20.8 Å². The Morgan fingerprint density at radius 2 is 1.89 bits per heavy atom. The van der Waals surface area contributed by atoms with Crippen molar-refractivity contribution in [1.29, 1.82) is 0 Å². The van der Waals surface area contributed by atoms with Gasteiger partial charge in [-0.05, 0) is 42.5 Å². The molecule has 0 saturated heterocycles. The molecule has 0 fully saturated rings. The predicted octanol–water partition coefficient (Wildman–Crippen LogP) is 3.72. The Balaban J connectivity index is 1.39. The summed E-state index contributed by atoms with van der Waals surface area (Å²) in [5, 5.41) is 2.09. The monoisotopic (exact) mass is 385 g/mol. The molecule has 1 aliphatic heterocycles. The fourth-order valence-corrected chi connectivity index (χ4v) is 3.25. The summed E-state index contributed by atoms with van der Waals surface area (Å²) in [5.41, 5.74) is 1.15. The second-order valence-corrected chi connectivity index (χ2v) is 6.47. The van der Waals surface area contributed by atoms with Crippen molar-refractivity contribution in [2.45, 2.75) is 0 Å². The molecule has 2 aromatic carbocycles. The van der Waals surface area contributed by atoms with E-state index >= 15 is 0 Å². The highest BCUT2D eigenvalue weighted by atomic mass is 32.1. The Morgan fingerprint density at radius 3 is 2.70 bits per heavy atom. The van der Waals surface area contributed by atoms with E-state index in [0.717, 1.165) is 0 Å². The fraction of sp³-hybridized carbons (Fsp3) is 0.105. The Labute approximate surface area is 157 Å². The number of benzene rings is 2. The number of carbonyl (C=O) groups is 2. The van der Waals surface area contributed by atoms with E-state index in [9.17, 15) is 14.0 Å². The van der Waals surface area contributed by atoms with Crippen LogP contribution in [0, 0.1) is 5.82 Å². The van der Waals surface area contributed by atoms with Crippen LogP contribution < -0.4 is 9.47 Å². The number of nitrogens with zero attached hydrogens (tertiary/aromatic N) is 1. The lowest BCUT2D eigenvalue weighted by molar-refractivity contribution is 0.0470. The minimum Gasteiger partial charge on any atom is -0.454 e. The summed E-state index contributed by atoms with van der Waals surface area (Å²) in [7, 11) is 0. The zero-order chi connectivity index (χ0) is 18.8. The summed E-state index contributed by atoms with van der Waals surface area (Å²) < 4.78 is 28.5. The van der Waals surface area contributed by atoms with Crippen molar-refractivity contribution < 1.29 is 28.2 Å². The van der Waals surface area contributed by atoms with E-state index in [4.69, 9.17) is 14.2 Å². The number of hydrogen-bond donors (Lipinski definition) is 0. The molecule has 0 radical (unpaired) electrons. The number of carbonyl (C=O) groups excluding carboxylic acids is 2. The molecule has 1 aromatic heterocycles. The van der Waals surface area contributed by atoms with E-state index < -0.39 is 12.6 Å². The normalized spacial score (nSPS) is 12.0. The highest BCUT2D eigenvalue weighted by Gasteiger charge is 2.19. The van der Waals surface area contributed by atoms with Gasteiger partial charge < -0.3 is 14.2 Å². The molecular formula is C19H12FNO5S. The van der Waals surface area contributed by atoms with Gasteiger partial charge in [0.15, 0.2) is 29.6 Å².